The van der Waals surface area contributed by atoms with E-state index in [1.807, 2.05) is 13.8 Å². The summed E-state index contributed by atoms with van der Waals surface area (Å²) < 4.78 is 0. The molecule has 1 aromatic rings. The molecule has 1 aromatic carbocycles. The van der Waals surface area contributed by atoms with E-state index in [0.717, 1.165) is 19.3 Å². The molecule has 0 saturated carbocycles. The van der Waals surface area contributed by atoms with Gasteiger partial charge in [-0.1, -0.05) is 157 Å². The Balaban J connectivity index is 3.36. The van der Waals surface area contributed by atoms with Crippen LogP contribution in [0.15, 0.2) is 24.3 Å². The maximum absolute atomic E-state index is 14.6. The molecule has 0 aliphatic carbocycles. The van der Waals surface area contributed by atoms with Gasteiger partial charge in [-0.05, 0) is 106 Å². The Morgan fingerprint density at radius 3 is 1.31 bits per heavy atom. The second-order valence-corrected chi connectivity index (χ2v) is 24.5. The summed E-state index contributed by atoms with van der Waals surface area (Å²) in [6, 6.07) is -4.98. The molecular formula is C64H114N12O12. The Labute approximate surface area is 524 Å². The van der Waals surface area contributed by atoms with E-state index in [1.54, 1.807) is 27.7 Å². The van der Waals surface area contributed by atoms with Crippen LogP contribution in [-0.4, -0.2) is 137 Å². The Morgan fingerprint density at radius 1 is 0.443 bits per heavy atom. The molecule has 0 bridgehead atoms. The van der Waals surface area contributed by atoms with Gasteiger partial charge in [-0.15, -0.1) is 0 Å². The summed E-state index contributed by atoms with van der Waals surface area (Å²) in [4.78, 5) is 137. The lowest BCUT2D eigenvalue weighted by Crippen LogP contribution is -2.62. The summed E-state index contributed by atoms with van der Waals surface area (Å²) in [5.74, 6) is -9.04. The number of hydrogen-bond acceptors (Lipinski definition) is 14. The number of amides is 10. The number of phenols is 1. The summed E-state index contributed by atoms with van der Waals surface area (Å²) in [6.07, 6.45) is 20.0. The number of carbonyl (C=O) groups is 10. The van der Waals surface area contributed by atoms with Crippen molar-refractivity contribution in [2.45, 2.75) is 270 Å². The van der Waals surface area contributed by atoms with Gasteiger partial charge < -0.3 is 75.7 Å². The van der Waals surface area contributed by atoms with Crippen LogP contribution in [0.5, 0.6) is 5.75 Å². The summed E-state index contributed by atoms with van der Waals surface area (Å²) in [6.45, 7) is 12.5. The second kappa shape index (κ2) is 46.7. The fourth-order valence-electron chi connectivity index (χ4n) is 10.1. The van der Waals surface area contributed by atoms with E-state index in [2.05, 4.69) is 49.5 Å². The molecule has 88 heavy (non-hydrogen) atoms. The third-order valence-electron chi connectivity index (χ3n) is 15.5. The molecule has 0 aliphatic rings. The van der Waals surface area contributed by atoms with Crippen molar-refractivity contribution in [1.29, 1.82) is 0 Å². The number of nitrogens with one attached hydrogen (secondary N) is 8. The predicted molar refractivity (Wildman–Crippen MR) is 341 cm³/mol. The Kier molecular flexibility index (Phi) is 42.2. The highest BCUT2D eigenvalue weighted by atomic mass is 16.3. The first kappa shape index (κ1) is 79.6. The second-order valence-electron chi connectivity index (χ2n) is 24.5. The van der Waals surface area contributed by atoms with Gasteiger partial charge >= 0.3 is 0 Å². The van der Waals surface area contributed by atoms with Crippen molar-refractivity contribution < 1.29 is 58.2 Å². The molecule has 0 fully saturated rings. The van der Waals surface area contributed by atoms with Crippen molar-refractivity contribution in [3.05, 3.63) is 29.8 Å². The lowest BCUT2D eigenvalue weighted by atomic mass is 9.96. The molecule has 10 amide bonds. The quantitative estimate of drug-likeness (QED) is 0.0413. The zero-order chi connectivity index (χ0) is 66.0. The lowest BCUT2D eigenvalue weighted by Gasteiger charge is -2.29. The summed E-state index contributed by atoms with van der Waals surface area (Å²) >= 11 is 0. The average Bonchev–Trinajstić information content (AvgIpc) is 3.66. The van der Waals surface area contributed by atoms with Crippen molar-refractivity contribution >= 4 is 59.1 Å². The number of hydrogen-bond donors (Lipinski definition) is 14. The van der Waals surface area contributed by atoms with Gasteiger partial charge in [0, 0.05) is 12.8 Å². The van der Waals surface area contributed by atoms with Crippen molar-refractivity contribution in [1.82, 2.24) is 42.5 Å². The van der Waals surface area contributed by atoms with Crippen LogP contribution in [0, 0.1) is 17.8 Å². The number of aromatic hydroxyl groups is 1. The average molecular weight is 1240 g/mol. The molecule has 502 valence electrons. The van der Waals surface area contributed by atoms with Crippen molar-refractivity contribution in [3.8, 4) is 5.75 Å². The number of aliphatic hydroxyl groups is 1. The molecule has 0 spiro atoms. The first-order chi connectivity index (χ1) is 41.9. The Bertz CT molecular complexity index is 2240. The zero-order valence-corrected chi connectivity index (χ0v) is 54.2. The number of rotatable bonds is 51. The molecule has 0 heterocycles. The highest BCUT2D eigenvalue weighted by molar-refractivity contribution is 5.99. The molecule has 0 aromatic heterocycles. The molecule has 0 aliphatic heterocycles. The molecule has 24 nitrogen and oxygen atoms in total. The first-order valence-electron chi connectivity index (χ1n) is 32.7. The van der Waals surface area contributed by atoms with E-state index in [4.69, 9.17) is 22.9 Å². The van der Waals surface area contributed by atoms with Gasteiger partial charge in [-0.3, -0.25) is 47.9 Å². The maximum Gasteiger partial charge on any atom is 0.245 e. The molecule has 9 atom stereocenters. The van der Waals surface area contributed by atoms with E-state index in [0.29, 0.717) is 57.2 Å². The Morgan fingerprint density at radius 2 is 0.841 bits per heavy atom. The molecule has 24 heteroatoms. The van der Waals surface area contributed by atoms with E-state index >= 15 is 0 Å². The maximum atomic E-state index is 14.6. The number of primary amides is 2. The van der Waals surface area contributed by atoms with E-state index in [9.17, 15) is 58.2 Å². The highest BCUT2D eigenvalue weighted by Gasteiger charge is 2.36. The highest BCUT2D eigenvalue weighted by Crippen LogP contribution is 2.17. The van der Waals surface area contributed by atoms with Crippen LogP contribution in [-0.2, 0) is 54.4 Å². The molecule has 1 rings (SSSR count). The van der Waals surface area contributed by atoms with Crippen LogP contribution in [0.1, 0.15) is 221 Å². The minimum Gasteiger partial charge on any atom is -0.508 e. The predicted octanol–water partition coefficient (Wildman–Crippen LogP) is 3.82. The van der Waals surface area contributed by atoms with E-state index in [1.165, 1.54) is 94.9 Å². The van der Waals surface area contributed by atoms with Crippen LogP contribution < -0.4 is 65.5 Å². The number of unbranched alkanes of at least 4 members (excludes halogenated alkanes) is 16. The standard InChI is InChI=1S/C64H114N12O12/c1-8-10-11-12-13-14-15-16-17-18-19-20-21-22-23-30-55(80)69-47(28-24-26-35-65)58(82)70-48(29-25-27-36-66)59(83)73-51(39-45-31-33-46(78)34-32-45)61(85)72-50(38-43(5)6)60(84)74-52(40-54(67)79)62(86)75-53(41-77)63(87)76-56(44(7)9-2)64(88)71-49(57(68)81)37-42(3)4/h31-34,42-44,47-53,56,77-78H,8-30,35-41,65-66H2,1-7H3,(H2,67,79)(H2,68,81)(H,69,80)(H,70,82)(H,71,88)(H,72,85)(H,73,83)(H,74,84)(H,75,86)(H,76,87)/t44-,47-,48-,49-,50-,51-,52-,53-,56-/m0/s1. The Hall–Kier alpha value is -6.40. The minimum atomic E-state index is -1.76. The van der Waals surface area contributed by atoms with Crippen LogP contribution >= 0.6 is 0 Å². The van der Waals surface area contributed by atoms with Gasteiger partial charge in [0.25, 0.3) is 0 Å². The van der Waals surface area contributed by atoms with E-state index < -0.39 is 120 Å². The van der Waals surface area contributed by atoms with Gasteiger partial charge in [0.15, 0.2) is 0 Å². The smallest absolute Gasteiger partial charge is 0.245 e. The lowest BCUT2D eigenvalue weighted by molar-refractivity contribution is -0.137. The van der Waals surface area contributed by atoms with Gasteiger partial charge in [0.1, 0.15) is 54.1 Å². The largest absolute Gasteiger partial charge is 0.508 e. The van der Waals surface area contributed by atoms with Crippen molar-refractivity contribution in [2.75, 3.05) is 19.7 Å². The van der Waals surface area contributed by atoms with Crippen LogP contribution in [0.2, 0.25) is 0 Å². The SMILES string of the molecule is CCCCCCCCCCCCCCCCCC(=O)N[C@@H](CCCCN)C(=O)N[C@@H](CCCCN)C(=O)N[C@@H](Cc1ccc(O)cc1)C(=O)N[C@@H](CC(C)C)C(=O)N[C@@H](CC(N)=O)C(=O)N[C@@H](CO)C(=O)N[C@H](C(=O)N[C@@H](CC(C)C)C(N)=O)[C@@H](C)CC. The summed E-state index contributed by atoms with van der Waals surface area (Å²) in [5, 5.41) is 41.4. The number of phenolic OH excluding ortho intramolecular Hbond substituents is 1. The number of carbonyl (C=O) groups excluding carboxylic acids is 10. The van der Waals surface area contributed by atoms with E-state index in [-0.39, 0.29) is 62.0 Å². The molecular weight excluding hydrogens is 1130 g/mol. The van der Waals surface area contributed by atoms with Gasteiger partial charge in [0.2, 0.25) is 59.1 Å². The van der Waals surface area contributed by atoms with Crippen molar-refractivity contribution in [2.24, 2.45) is 40.7 Å². The fraction of sp³-hybridized carbons (Fsp3) is 0.750. The van der Waals surface area contributed by atoms with Gasteiger partial charge in [-0.2, -0.15) is 0 Å². The number of aliphatic hydroxyl groups excluding tert-OH is 1. The van der Waals surface area contributed by atoms with Gasteiger partial charge in [-0.25, -0.2) is 0 Å². The molecule has 0 radical (unpaired) electrons. The summed E-state index contributed by atoms with van der Waals surface area (Å²) in [7, 11) is 0. The minimum absolute atomic E-state index is 0.0230. The summed E-state index contributed by atoms with van der Waals surface area (Å²) in [5.41, 5.74) is 23.2. The zero-order valence-electron chi connectivity index (χ0n) is 54.2. The number of nitrogens with two attached hydrogens (primary N) is 4. The van der Waals surface area contributed by atoms with Crippen molar-refractivity contribution in [3.63, 3.8) is 0 Å². The fourth-order valence-corrected chi connectivity index (χ4v) is 10.1. The molecule has 18 N–H and O–H groups in total. The molecule has 0 unspecified atom stereocenters. The third kappa shape index (κ3) is 35.0. The topological polar surface area (TPSA) is 411 Å². The molecule has 0 saturated heterocycles. The third-order valence-corrected chi connectivity index (χ3v) is 15.5. The van der Waals surface area contributed by atoms with Gasteiger partial charge in [0.05, 0.1) is 13.0 Å². The first-order valence-corrected chi connectivity index (χ1v) is 32.7. The normalized spacial score (nSPS) is 14.4. The number of benzene rings is 1. The van der Waals surface area contributed by atoms with Crippen LogP contribution in [0.25, 0.3) is 0 Å². The van der Waals surface area contributed by atoms with Crippen LogP contribution in [0.4, 0.5) is 0 Å². The monoisotopic (exact) mass is 1240 g/mol. The van der Waals surface area contributed by atoms with Crippen LogP contribution in [0.3, 0.4) is 0 Å².